The third-order valence-electron chi connectivity index (χ3n) is 5.16. The zero-order valence-corrected chi connectivity index (χ0v) is 19.7. The highest BCUT2D eigenvalue weighted by Gasteiger charge is 2.23. The fourth-order valence-electron chi connectivity index (χ4n) is 3.02. The van der Waals surface area contributed by atoms with E-state index in [0.29, 0.717) is 34.6 Å². The number of Topliss-reactive ketones (excluding diaryl/α,β-unsaturated/α-hetero) is 1. The van der Waals surface area contributed by atoms with Crippen LogP contribution >= 0.6 is 0 Å². The van der Waals surface area contributed by atoms with Crippen molar-refractivity contribution in [1.29, 1.82) is 0 Å². The van der Waals surface area contributed by atoms with Gasteiger partial charge in [-0.05, 0) is 43.7 Å². The van der Waals surface area contributed by atoms with Crippen molar-refractivity contribution < 1.29 is 23.9 Å². The lowest BCUT2D eigenvalue weighted by atomic mass is 10.1. The number of anilines is 1. The van der Waals surface area contributed by atoms with Crippen molar-refractivity contribution in [3.63, 3.8) is 0 Å². The van der Waals surface area contributed by atoms with Gasteiger partial charge in [0.15, 0.2) is 5.78 Å². The van der Waals surface area contributed by atoms with Crippen molar-refractivity contribution in [1.82, 2.24) is 9.97 Å². The minimum Gasteiger partial charge on any atom is -0.488 e. The Balaban J connectivity index is 1.65. The molecule has 0 aliphatic rings. The molecule has 3 aromatic rings. The molecule has 0 aliphatic carbocycles. The van der Waals surface area contributed by atoms with Gasteiger partial charge in [-0.1, -0.05) is 26.0 Å². The summed E-state index contributed by atoms with van der Waals surface area (Å²) >= 11 is 0. The summed E-state index contributed by atoms with van der Waals surface area (Å²) in [6, 6.07) is 10.1. The van der Waals surface area contributed by atoms with Gasteiger partial charge < -0.3 is 24.8 Å². The van der Waals surface area contributed by atoms with Crippen LogP contribution in [0.15, 0.2) is 57.5 Å². The van der Waals surface area contributed by atoms with E-state index in [9.17, 15) is 19.2 Å². The maximum atomic E-state index is 12.7. The number of para-hydroxylation sites is 1. The van der Waals surface area contributed by atoms with Gasteiger partial charge in [0.1, 0.15) is 24.7 Å². The number of carbonyl (C=O) groups excluding carboxylic acids is 3. The molecule has 35 heavy (non-hydrogen) atoms. The molecule has 2 atom stereocenters. The Hall–Kier alpha value is -4.28. The number of fused-ring (bicyclic) bond motifs is 1. The molecule has 2 aromatic carbocycles. The number of nitrogens with zero attached hydrogens (tertiary/aromatic N) is 2. The highest BCUT2D eigenvalue weighted by atomic mass is 16.6. The third kappa shape index (κ3) is 6.85. The van der Waals surface area contributed by atoms with Crippen molar-refractivity contribution in [2.75, 3.05) is 18.5 Å². The molecule has 3 rings (SSSR count). The lowest BCUT2D eigenvalue weighted by molar-refractivity contribution is -0.148. The molecule has 1 aromatic heterocycles. The van der Waals surface area contributed by atoms with E-state index in [0.717, 1.165) is 0 Å². The third-order valence-corrected chi connectivity index (χ3v) is 5.16. The molecule has 0 radical (unpaired) electrons. The fourth-order valence-corrected chi connectivity index (χ4v) is 3.02. The molecule has 1 heterocycles. The summed E-state index contributed by atoms with van der Waals surface area (Å²) in [5.41, 5.74) is 1.42. The van der Waals surface area contributed by atoms with E-state index in [4.69, 9.17) is 9.47 Å². The molecule has 2 unspecified atom stereocenters. The SMILES string of the molecule is CCC(C)C(=O)OCCOc1ccccc1N=NC(C(C)=O)C(=O)Nc1ccc2[nH]c(=O)[nH]c2c1. The number of rotatable bonds is 11. The highest BCUT2D eigenvalue weighted by Crippen LogP contribution is 2.27. The van der Waals surface area contributed by atoms with Gasteiger partial charge in [0.2, 0.25) is 6.04 Å². The molecular weight excluding hydrogens is 454 g/mol. The second-order valence-corrected chi connectivity index (χ2v) is 7.85. The van der Waals surface area contributed by atoms with Crippen LogP contribution < -0.4 is 15.7 Å². The van der Waals surface area contributed by atoms with Gasteiger partial charge in [-0.15, -0.1) is 0 Å². The number of amides is 1. The fraction of sp³-hybridized carbons (Fsp3) is 0.333. The van der Waals surface area contributed by atoms with Crippen molar-refractivity contribution in [2.45, 2.75) is 33.2 Å². The van der Waals surface area contributed by atoms with Crippen molar-refractivity contribution in [2.24, 2.45) is 16.1 Å². The number of hydrogen-bond acceptors (Lipinski definition) is 8. The Kier molecular flexibility index (Phi) is 8.49. The zero-order valence-electron chi connectivity index (χ0n) is 19.7. The molecule has 11 heteroatoms. The van der Waals surface area contributed by atoms with Crippen LogP contribution in [0.25, 0.3) is 11.0 Å². The van der Waals surface area contributed by atoms with E-state index in [2.05, 4.69) is 25.5 Å². The van der Waals surface area contributed by atoms with Crippen LogP contribution in [-0.2, 0) is 19.1 Å². The summed E-state index contributed by atoms with van der Waals surface area (Å²) in [4.78, 5) is 53.2. The second-order valence-electron chi connectivity index (χ2n) is 7.85. The van der Waals surface area contributed by atoms with E-state index in [1.165, 1.54) is 6.92 Å². The largest absolute Gasteiger partial charge is 0.488 e. The van der Waals surface area contributed by atoms with Gasteiger partial charge >= 0.3 is 11.7 Å². The minimum absolute atomic E-state index is 0.0733. The molecule has 184 valence electrons. The first-order valence-electron chi connectivity index (χ1n) is 11.1. The predicted octanol–water partition coefficient (Wildman–Crippen LogP) is 3.50. The number of aromatic nitrogens is 2. The topological polar surface area (TPSA) is 155 Å². The van der Waals surface area contributed by atoms with Crippen molar-refractivity contribution >= 4 is 40.1 Å². The summed E-state index contributed by atoms with van der Waals surface area (Å²) in [6.07, 6.45) is 0.689. The number of benzene rings is 2. The molecule has 0 saturated heterocycles. The Morgan fingerprint density at radius 1 is 1.06 bits per heavy atom. The first kappa shape index (κ1) is 25.3. The monoisotopic (exact) mass is 481 g/mol. The summed E-state index contributed by atoms with van der Waals surface area (Å²) in [5, 5.41) is 10.6. The number of nitrogens with one attached hydrogen (secondary N) is 3. The number of ether oxygens (including phenoxy) is 2. The first-order valence-corrected chi connectivity index (χ1v) is 11.1. The van der Waals surface area contributed by atoms with Crippen LogP contribution in [0.2, 0.25) is 0 Å². The highest BCUT2D eigenvalue weighted by molar-refractivity contribution is 6.10. The van der Waals surface area contributed by atoms with Crippen LogP contribution in [0.3, 0.4) is 0 Å². The Labute approximate surface area is 200 Å². The lowest BCUT2D eigenvalue weighted by Gasteiger charge is -2.12. The smallest absolute Gasteiger partial charge is 0.323 e. The zero-order chi connectivity index (χ0) is 25.4. The normalized spacial score (nSPS) is 12.9. The molecule has 0 bridgehead atoms. The van der Waals surface area contributed by atoms with Crippen LogP contribution in [0, 0.1) is 5.92 Å². The number of aromatic amines is 2. The van der Waals surface area contributed by atoms with Crippen molar-refractivity contribution in [3.05, 3.63) is 52.9 Å². The minimum atomic E-state index is -1.39. The number of azo groups is 1. The maximum Gasteiger partial charge on any atom is 0.323 e. The standard InChI is InChI=1S/C24H27N5O6/c1-4-14(2)23(32)35-12-11-34-20-8-6-5-7-18(20)28-29-21(15(3)30)22(31)25-16-9-10-17-19(13-16)27-24(33)26-17/h5-10,13-14,21H,4,11-12H2,1-3H3,(H,25,31)(H2,26,27,33). The molecule has 0 fully saturated rings. The molecule has 0 saturated carbocycles. The number of ketones is 1. The van der Waals surface area contributed by atoms with Crippen LogP contribution in [0.1, 0.15) is 27.2 Å². The van der Waals surface area contributed by atoms with Crippen molar-refractivity contribution in [3.8, 4) is 5.75 Å². The van der Waals surface area contributed by atoms with E-state index in [1.807, 2.05) is 6.92 Å². The van der Waals surface area contributed by atoms with E-state index < -0.39 is 17.7 Å². The van der Waals surface area contributed by atoms with Crippen LogP contribution in [-0.4, -0.2) is 46.9 Å². The van der Waals surface area contributed by atoms with Gasteiger partial charge in [0.05, 0.1) is 17.0 Å². The molecule has 11 nitrogen and oxygen atoms in total. The number of H-pyrrole nitrogens is 2. The summed E-state index contributed by atoms with van der Waals surface area (Å²) in [5.74, 6) is -1.29. The first-order chi connectivity index (χ1) is 16.8. The Morgan fingerprint density at radius 3 is 2.54 bits per heavy atom. The molecular formula is C24H27N5O6. The van der Waals surface area contributed by atoms with Crippen LogP contribution in [0.4, 0.5) is 11.4 Å². The average molecular weight is 482 g/mol. The van der Waals surface area contributed by atoms with E-state index in [-0.39, 0.29) is 30.8 Å². The predicted molar refractivity (Wildman–Crippen MR) is 129 cm³/mol. The number of esters is 1. The van der Waals surface area contributed by atoms with Gasteiger partial charge in [0, 0.05) is 5.69 Å². The Bertz CT molecular complexity index is 1290. The maximum absolute atomic E-state index is 12.7. The summed E-state index contributed by atoms with van der Waals surface area (Å²) in [7, 11) is 0. The molecule has 0 spiro atoms. The lowest BCUT2D eigenvalue weighted by Crippen LogP contribution is -2.31. The average Bonchev–Trinajstić information content (AvgIpc) is 3.21. The van der Waals surface area contributed by atoms with Crippen LogP contribution in [0.5, 0.6) is 5.75 Å². The molecule has 0 aliphatic heterocycles. The summed E-state index contributed by atoms with van der Waals surface area (Å²) < 4.78 is 10.8. The molecule has 1 amide bonds. The quantitative estimate of drug-likeness (QED) is 0.165. The van der Waals surface area contributed by atoms with E-state index >= 15 is 0 Å². The van der Waals surface area contributed by atoms with Gasteiger partial charge in [-0.25, -0.2) is 4.79 Å². The second kappa shape index (κ2) is 11.7. The number of carbonyl (C=O) groups is 3. The number of hydrogen-bond donors (Lipinski definition) is 3. The van der Waals surface area contributed by atoms with Gasteiger partial charge in [-0.3, -0.25) is 14.4 Å². The number of imidazole rings is 1. The summed E-state index contributed by atoms with van der Waals surface area (Å²) in [6.45, 7) is 5.11. The van der Waals surface area contributed by atoms with Gasteiger partial charge in [0.25, 0.3) is 5.91 Å². The Morgan fingerprint density at radius 2 is 1.80 bits per heavy atom. The van der Waals surface area contributed by atoms with E-state index in [1.54, 1.807) is 49.4 Å². The van der Waals surface area contributed by atoms with Gasteiger partial charge in [-0.2, -0.15) is 10.2 Å². The molecule has 3 N–H and O–H groups in total.